The first-order valence-corrected chi connectivity index (χ1v) is 11.6. The molecule has 0 aliphatic heterocycles. The van der Waals surface area contributed by atoms with Crippen molar-refractivity contribution in [1.82, 2.24) is 10.3 Å². The molecule has 1 N–H and O–H groups in total. The second kappa shape index (κ2) is 10.5. The Morgan fingerprint density at radius 3 is 2.40 bits per heavy atom. The molecule has 0 atom stereocenters. The van der Waals surface area contributed by atoms with E-state index in [9.17, 15) is 22.8 Å². The molecule has 0 unspecified atom stereocenters. The van der Waals surface area contributed by atoms with Crippen molar-refractivity contribution in [2.75, 3.05) is 6.61 Å². The van der Waals surface area contributed by atoms with E-state index in [0.29, 0.717) is 21.2 Å². The minimum atomic E-state index is -4.46. The van der Waals surface area contributed by atoms with E-state index in [1.807, 2.05) is 0 Å². The number of halogens is 3. The van der Waals surface area contributed by atoms with Crippen LogP contribution in [0, 0.1) is 6.92 Å². The van der Waals surface area contributed by atoms with Crippen LogP contribution in [-0.4, -0.2) is 29.1 Å². The second-order valence-corrected chi connectivity index (χ2v) is 9.37. The first-order valence-electron chi connectivity index (χ1n) is 10.8. The third-order valence-corrected chi connectivity index (χ3v) is 5.98. The smallest absolute Gasteiger partial charge is 0.416 e. The molecule has 1 aromatic heterocycles. The highest BCUT2D eigenvalue weighted by Gasteiger charge is 2.32. The third-order valence-electron chi connectivity index (χ3n) is 4.96. The van der Waals surface area contributed by atoms with Gasteiger partial charge >= 0.3 is 12.1 Å². The number of aromatic nitrogens is 1. The van der Waals surface area contributed by atoms with Crippen LogP contribution >= 0.6 is 11.3 Å². The summed E-state index contributed by atoms with van der Waals surface area (Å²) in [5.74, 6) is -0.431. The Kier molecular flexibility index (Phi) is 7.84. The van der Waals surface area contributed by atoms with E-state index in [1.165, 1.54) is 12.1 Å². The number of benzene rings is 2. The predicted octanol–water partition coefficient (Wildman–Crippen LogP) is 5.79. The van der Waals surface area contributed by atoms with E-state index in [1.54, 1.807) is 52.0 Å². The number of ether oxygens (including phenoxy) is 2. The van der Waals surface area contributed by atoms with Gasteiger partial charge in [-0.3, -0.25) is 4.79 Å². The zero-order valence-electron chi connectivity index (χ0n) is 19.7. The number of esters is 1. The number of alkyl halides is 3. The molecule has 0 aliphatic carbocycles. The highest BCUT2D eigenvalue weighted by Crippen LogP contribution is 2.34. The van der Waals surface area contributed by atoms with Crippen LogP contribution in [0.3, 0.4) is 0 Å². The summed E-state index contributed by atoms with van der Waals surface area (Å²) in [7, 11) is 0. The normalized spacial score (nSPS) is 11.7. The summed E-state index contributed by atoms with van der Waals surface area (Å²) < 4.78 is 49.8. The summed E-state index contributed by atoms with van der Waals surface area (Å²) in [6.07, 6.45) is -4.46. The first-order chi connectivity index (χ1) is 16.4. The highest BCUT2D eigenvalue weighted by atomic mass is 32.1. The fraction of sp³-hybridized carbons (Fsp3) is 0.320. The van der Waals surface area contributed by atoms with Crippen LogP contribution in [-0.2, 0) is 22.3 Å². The van der Waals surface area contributed by atoms with Crippen molar-refractivity contribution in [3.05, 3.63) is 70.2 Å². The van der Waals surface area contributed by atoms with Crippen molar-refractivity contribution >= 4 is 23.2 Å². The van der Waals surface area contributed by atoms with Crippen LogP contribution in [0.4, 0.5) is 13.2 Å². The molecule has 0 fully saturated rings. The van der Waals surface area contributed by atoms with Crippen LogP contribution in [0.2, 0.25) is 0 Å². The number of carbonyl (C=O) groups excluding carboxylic acids is 2. The Labute approximate surface area is 205 Å². The molecule has 0 saturated heterocycles. The largest absolute Gasteiger partial charge is 0.476 e. The number of nitrogens with zero attached hydrogens (tertiary/aromatic N) is 1. The molecule has 0 bridgehead atoms. The van der Waals surface area contributed by atoms with Crippen LogP contribution in [0.15, 0.2) is 48.5 Å². The number of nitrogens with one attached hydrogen (secondary N) is 1. The minimum absolute atomic E-state index is 0.165. The number of aryl methyl sites for hydroxylation is 1. The van der Waals surface area contributed by atoms with Gasteiger partial charge in [-0.1, -0.05) is 24.3 Å². The molecule has 0 saturated carbocycles. The van der Waals surface area contributed by atoms with E-state index in [0.717, 1.165) is 29.0 Å². The van der Waals surface area contributed by atoms with Crippen molar-refractivity contribution in [2.45, 2.75) is 46.0 Å². The summed E-state index contributed by atoms with van der Waals surface area (Å²) in [6.45, 7) is 7.10. The Morgan fingerprint density at radius 2 is 1.77 bits per heavy atom. The average Bonchev–Trinajstić information content (AvgIpc) is 3.19. The fourth-order valence-corrected chi connectivity index (χ4v) is 4.05. The number of carbonyl (C=O) groups is 2. The molecule has 186 valence electrons. The van der Waals surface area contributed by atoms with Gasteiger partial charge in [0, 0.05) is 17.0 Å². The molecule has 3 aromatic rings. The SMILES string of the molecule is CCOC(=O)C(C)(C)Oc1ccc(CNC(=O)c2nc(-c3cccc(C(F)(F)F)c3)sc2C)cc1. The minimum Gasteiger partial charge on any atom is -0.476 e. The average molecular weight is 507 g/mol. The molecule has 6 nitrogen and oxygen atoms in total. The number of thiazole rings is 1. The lowest BCUT2D eigenvalue weighted by molar-refractivity contribution is -0.158. The van der Waals surface area contributed by atoms with Crippen LogP contribution in [0.1, 0.15) is 47.3 Å². The summed E-state index contributed by atoms with van der Waals surface area (Å²) >= 11 is 1.16. The second-order valence-electron chi connectivity index (χ2n) is 8.16. The Balaban J connectivity index is 1.64. The fourth-order valence-electron chi connectivity index (χ4n) is 3.14. The highest BCUT2D eigenvalue weighted by molar-refractivity contribution is 7.15. The molecule has 0 spiro atoms. The van der Waals surface area contributed by atoms with Gasteiger partial charge < -0.3 is 14.8 Å². The lowest BCUT2D eigenvalue weighted by atomic mass is 10.1. The molecule has 0 radical (unpaired) electrons. The zero-order chi connectivity index (χ0) is 25.8. The lowest BCUT2D eigenvalue weighted by Crippen LogP contribution is -2.39. The summed E-state index contributed by atoms with van der Waals surface area (Å²) in [5.41, 5.74) is -0.671. The van der Waals surface area contributed by atoms with E-state index < -0.39 is 29.2 Å². The molecule has 1 amide bonds. The van der Waals surface area contributed by atoms with Crippen molar-refractivity contribution < 1.29 is 32.2 Å². The molecule has 10 heteroatoms. The monoisotopic (exact) mass is 506 g/mol. The van der Waals surface area contributed by atoms with Crippen molar-refractivity contribution in [2.24, 2.45) is 0 Å². The van der Waals surface area contributed by atoms with Gasteiger partial charge in [0.1, 0.15) is 16.5 Å². The number of hydrogen-bond donors (Lipinski definition) is 1. The van der Waals surface area contributed by atoms with Gasteiger partial charge in [-0.15, -0.1) is 11.3 Å². The topological polar surface area (TPSA) is 77.5 Å². The van der Waals surface area contributed by atoms with Crippen molar-refractivity contribution in [3.8, 4) is 16.3 Å². The Morgan fingerprint density at radius 1 is 1.09 bits per heavy atom. The van der Waals surface area contributed by atoms with Gasteiger partial charge in [-0.2, -0.15) is 13.2 Å². The molecule has 1 heterocycles. The molecule has 2 aromatic carbocycles. The van der Waals surface area contributed by atoms with E-state index in [4.69, 9.17) is 9.47 Å². The van der Waals surface area contributed by atoms with Gasteiger partial charge in [0.2, 0.25) is 0 Å². The summed E-state index contributed by atoms with van der Waals surface area (Å²) in [4.78, 5) is 29.5. The van der Waals surface area contributed by atoms with Gasteiger partial charge in [0.15, 0.2) is 5.60 Å². The van der Waals surface area contributed by atoms with Crippen molar-refractivity contribution in [1.29, 1.82) is 0 Å². The van der Waals surface area contributed by atoms with E-state index in [-0.39, 0.29) is 18.8 Å². The van der Waals surface area contributed by atoms with E-state index in [2.05, 4.69) is 10.3 Å². The predicted molar refractivity (Wildman–Crippen MR) is 126 cm³/mol. The van der Waals surface area contributed by atoms with Gasteiger partial charge in [0.25, 0.3) is 5.91 Å². The maximum atomic E-state index is 13.0. The maximum absolute atomic E-state index is 13.0. The number of hydrogen-bond acceptors (Lipinski definition) is 6. The van der Waals surface area contributed by atoms with Gasteiger partial charge in [-0.05, 0) is 57.5 Å². The Bertz CT molecular complexity index is 1200. The van der Waals surface area contributed by atoms with Crippen LogP contribution in [0.25, 0.3) is 10.6 Å². The summed E-state index contributed by atoms with van der Waals surface area (Å²) in [6, 6.07) is 11.7. The molecule has 35 heavy (non-hydrogen) atoms. The summed E-state index contributed by atoms with van der Waals surface area (Å²) in [5, 5.41) is 3.11. The third kappa shape index (κ3) is 6.60. The van der Waals surface area contributed by atoms with Gasteiger partial charge in [-0.25, -0.2) is 9.78 Å². The molecule has 0 aliphatic rings. The zero-order valence-corrected chi connectivity index (χ0v) is 20.5. The van der Waals surface area contributed by atoms with Crippen LogP contribution < -0.4 is 10.1 Å². The van der Waals surface area contributed by atoms with Crippen molar-refractivity contribution in [3.63, 3.8) is 0 Å². The first kappa shape index (κ1) is 26.2. The Hall–Kier alpha value is -3.40. The number of rotatable bonds is 8. The molecular weight excluding hydrogens is 481 g/mol. The quantitative estimate of drug-likeness (QED) is 0.392. The number of amides is 1. The van der Waals surface area contributed by atoms with E-state index >= 15 is 0 Å². The maximum Gasteiger partial charge on any atom is 0.416 e. The standard InChI is InChI=1S/C25H25F3N2O4S/c1-5-33-23(32)24(3,4)34-19-11-9-16(10-12-19)14-29-21(31)20-15(2)35-22(30-20)17-7-6-8-18(13-17)25(26,27)28/h6-13H,5,14H2,1-4H3,(H,29,31). The van der Waals surface area contributed by atoms with Crippen LogP contribution in [0.5, 0.6) is 5.75 Å². The van der Waals surface area contributed by atoms with Gasteiger partial charge in [0.05, 0.1) is 12.2 Å². The lowest BCUT2D eigenvalue weighted by Gasteiger charge is -2.24. The molecular formula is C25H25F3N2O4S. The molecule has 3 rings (SSSR count).